The lowest BCUT2D eigenvalue weighted by Crippen LogP contribution is -2.44. The summed E-state index contributed by atoms with van der Waals surface area (Å²) >= 11 is 1.22. The molecule has 3 atom stereocenters. The van der Waals surface area contributed by atoms with Gasteiger partial charge in [-0.1, -0.05) is 13.0 Å². The van der Waals surface area contributed by atoms with E-state index in [1.54, 1.807) is 18.3 Å². The van der Waals surface area contributed by atoms with Crippen LogP contribution in [0.15, 0.2) is 39.9 Å². The summed E-state index contributed by atoms with van der Waals surface area (Å²) < 4.78 is 55.2. The molecule has 1 aromatic rings. The summed E-state index contributed by atoms with van der Waals surface area (Å²) in [5, 5.41) is 12.9. The molecule has 0 spiro atoms. The van der Waals surface area contributed by atoms with Crippen LogP contribution in [0, 0.1) is 11.8 Å². The van der Waals surface area contributed by atoms with E-state index in [9.17, 15) is 22.7 Å². The number of fused-ring (bicyclic) bond motifs is 1. The third-order valence-corrected chi connectivity index (χ3v) is 9.67. The molecule has 0 saturated carbocycles. The highest BCUT2D eigenvalue weighted by Crippen LogP contribution is 2.42. The first kappa shape index (κ1) is 29.8. The van der Waals surface area contributed by atoms with Crippen LogP contribution in [-0.2, 0) is 6.18 Å². The van der Waals surface area contributed by atoms with Crippen LogP contribution in [0.4, 0.5) is 17.6 Å². The third-order valence-electron chi connectivity index (χ3n) is 8.63. The lowest BCUT2D eigenvalue weighted by molar-refractivity contribution is -0.139. The van der Waals surface area contributed by atoms with Gasteiger partial charge in [-0.2, -0.15) is 13.2 Å². The molecule has 0 bridgehead atoms. The van der Waals surface area contributed by atoms with Crippen LogP contribution in [0.3, 0.4) is 0 Å². The smallest absolute Gasteiger partial charge is 0.390 e. The van der Waals surface area contributed by atoms with Crippen molar-refractivity contribution in [1.82, 2.24) is 20.2 Å². The molecule has 40 heavy (non-hydrogen) atoms. The summed E-state index contributed by atoms with van der Waals surface area (Å²) in [6.07, 6.45) is 1.20. The van der Waals surface area contributed by atoms with E-state index in [-0.39, 0.29) is 16.9 Å². The number of nitrogens with zero attached hydrogens (tertiary/aromatic N) is 4. The number of hydrazine groups is 1. The average molecular weight is 584 g/mol. The number of nitrogens with one attached hydrogen (secondary N) is 1. The summed E-state index contributed by atoms with van der Waals surface area (Å²) in [6.45, 7) is 7.72. The molecular weight excluding hydrogens is 542 g/mol. The predicted molar refractivity (Wildman–Crippen MR) is 151 cm³/mol. The van der Waals surface area contributed by atoms with Crippen LogP contribution >= 0.6 is 11.8 Å². The minimum Gasteiger partial charge on any atom is -0.390 e. The fraction of sp³-hybridized carbons (Fsp3) is 0.690. The van der Waals surface area contributed by atoms with E-state index in [2.05, 4.69) is 27.1 Å². The molecule has 3 saturated heterocycles. The summed E-state index contributed by atoms with van der Waals surface area (Å²) in [6, 6.07) is 4.19. The largest absolute Gasteiger partial charge is 0.417 e. The van der Waals surface area contributed by atoms with Gasteiger partial charge in [0.1, 0.15) is 6.17 Å². The summed E-state index contributed by atoms with van der Waals surface area (Å²) in [7, 11) is 0. The van der Waals surface area contributed by atoms with Crippen molar-refractivity contribution in [3.63, 3.8) is 0 Å². The highest BCUT2D eigenvalue weighted by atomic mass is 32.2. The average Bonchev–Trinajstić information content (AvgIpc) is 3.28. The Morgan fingerprint density at radius 1 is 1.07 bits per heavy atom. The predicted octanol–water partition coefficient (Wildman–Crippen LogP) is 4.77. The highest BCUT2D eigenvalue weighted by molar-refractivity contribution is 7.99. The van der Waals surface area contributed by atoms with Gasteiger partial charge in [-0.15, -0.1) is 11.8 Å². The summed E-state index contributed by atoms with van der Waals surface area (Å²) in [5.74, 6) is 1.21. The van der Waals surface area contributed by atoms with Crippen molar-refractivity contribution in [1.29, 1.82) is 0 Å². The first-order valence-corrected chi connectivity index (χ1v) is 15.5. The fourth-order valence-corrected chi connectivity index (χ4v) is 7.32. The fourth-order valence-electron chi connectivity index (χ4n) is 6.19. The van der Waals surface area contributed by atoms with Gasteiger partial charge in [-0.3, -0.25) is 4.99 Å². The molecule has 4 heterocycles. The highest BCUT2D eigenvalue weighted by Gasteiger charge is 2.40. The Morgan fingerprint density at radius 2 is 1.80 bits per heavy atom. The molecule has 0 radical (unpaired) electrons. The first-order chi connectivity index (χ1) is 19.2. The molecule has 4 aliphatic rings. The second-order valence-corrected chi connectivity index (χ2v) is 12.8. The van der Waals surface area contributed by atoms with E-state index in [1.807, 2.05) is 11.1 Å². The number of hydrogen-bond acceptors (Lipinski definition) is 7. The van der Waals surface area contributed by atoms with Crippen LogP contribution in [0.25, 0.3) is 0 Å². The number of thioether (sulfide) groups is 1. The van der Waals surface area contributed by atoms with Crippen LogP contribution in [0.1, 0.15) is 49.8 Å². The maximum Gasteiger partial charge on any atom is 0.417 e. The van der Waals surface area contributed by atoms with Gasteiger partial charge >= 0.3 is 6.18 Å². The normalized spacial score (nSPS) is 26.2. The maximum absolute atomic E-state index is 13.9. The van der Waals surface area contributed by atoms with Gasteiger partial charge in [0, 0.05) is 61.2 Å². The quantitative estimate of drug-likeness (QED) is 0.323. The number of dihydropyridines is 1. The molecule has 0 amide bonds. The van der Waals surface area contributed by atoms with Gasteiger partial charge < -0.3 is 19.9 Å². The number of allylic oxidation sites excluding steroid dienone is 1. The van der Waals surface area contributed by atoms with Gasteiger partial charge in [0.05, 0.1) is 24.3 Å². The molecular formula is C29H41F4N5OS. The lowest BCUT2D eigenvalue weighted by Gasteiger charge is -2.33. The van der Waals surface area contributed by atoms with Gasteiger partial charge in [-0.25, -0.2) is 9.82 Å². The number of hydrogen-bond donors (Lipinski definition) is 2. The van der Waals surface area contributed by atoms with Crippen molar-refractivity contribution in [3.8, 4) is 0 Å². The topological polar surface area (TPSA) is 54.3 Å². The Balaban J connectivity index is 1.27. The number of alkyl halides is 4. The SMILES string of the molecule is CC1CCN(C[C@H](O)CN2NC(c3ccc(C(F)(F)F)c(SCCN4CCC(F)CC4)c3)C3CN=CC=C32)CC1. The molecule has 3 fully saturated rings. The molecule has 222 valence electrons. The molecule has 4 aliphatic heterocycles. The number of halogens is 4. The number of aliphatic hydroxyl groups is 1. The number of rotatable bonds is 9. The van der Waals surface area contributed by atoms with Gasteiger partial charge in [0.25, 0.3) is 0 Å². The van der Waals surface area contributed by atoms with E-state index < -0.39 is 24.0 Å². The summed E-state index contributed by atoms with van der Waals surface area (Å²) in [5.41, 5.74) is 4.66. The molecule has 6 nitrogen and oxygen atoms in total. The second kappa shape index (κ2) is 13.1. The number of benzene rings is 1. The third kappa shape index (κ3) is 7.40. The van der Waals surface area contributed by atoms with Gasteiger partial charge in [0.15, 0.2) is 0 Å². The monoisotopic (exact) mass is 583 g/mol. The zero-order chi connectivity index (χ0) is 28.3. The van der Waals surface area contributed by atoms with Crippen LogP contribution in [0.2, 0.25) is 0 Å². The molecule has 1 aromatic carbocycles. The minimum atomic E-state index is -4.45. The number of aliphatic imine (C=N–C) groups is 1. The van der Waals surface area contributed by atoms with Gasteiger partial charge in [-0.05, 0) is 68.5 Å². The van der Waals surface area contributed by atoms with Crippen LogP contribution in [0.5, 0.6) is 0 Å². The molecule has 5 rings (SSSR count). The zero-order valence-electron chi connectivity index (χ0n) is 23.1. The Morgan fingerprint density at radius 3 is 2.52 bits per heavy atom. The van der Waals surface area contributed by atoms with E-state index in [1.165, 1.54) is 17.8 Å². The number of β-amino-alcohol motifs (C(OH)–C–C–N with tert-alkyl or cyclic N) is 1. The molecule has 11 heteroatoms. The Labute approximate surface area is 238 Å². The van der Waals surface area contributed by atoms with E-state index >= 15 is 0 Å². The van der Waals surface area contributed by atoms with Crippen molar-refractivity contribution in [2.75, 3.05) is 58.1 Å². The van der Waals surface area contributed by atoms with Crippen LogP contribution < -0.4 is 5.43 Å². The molecule has 2 unspecified atom stereocenters. The minimum absolute atomic E-state index is 0.0235. The summed E-state index contributed by atoms with van der Waals surface area (Å²) in [4.78, 5) is 9.10. The standard InChI is InChI=1S/C29H41F4N5OS/c1-20-5-10-37(11-6-20)18-23(39)19-38-26-4-9-34-17-24(26)28(35-38)21-2-3-25(29(31,32)33)27(16-21)40-15-14-36-12-7-22(30)8-13-36/h2-4,9,16,20,22-24,28,35,39H,5-8,10-15,17-19H2,1H3/t23-,24?,28?/m0/s1. The molecule has 0 aliphatic carbocycles. The molecule has 2 N–H and O–H groups in total. The van der Waals surface area contributed by atoms with Gasteiger partial charge in [0.2, 0.25) is 0 Å². The lowest BCUT2D eigenvalue weighted by atomic mass is 9.90. The Kier molecular flexibility index (Phi) is 9.77. The Hall–Kier alpha value is -1.66. The maximum atomic E-state index is 13.9. The number of aliphatic hydroxyl groups excluding tert-OH is 1. The van der Waals surface area contributed by atoms with Crippen molar-refractivity contribution >= 4 is 18.0 Å². The van der Waals surface area contributed by atoms with Crippen LogP contribution in [-0.4, -0.2) is 96.5 Å². The molecule has 0 aromatic heterocycles. The van der Waals surface area contributed by atoms with Crippen molar-refractivity contribution in [2.24, 2.45) is 16.8 Å². The Bertz CT molecular complexity index is 1050. The van der Waals surface area contributed by atoms with E-state index in [0.717, 1.165) is 43.1 Å². The van der Waals surface area contributed by atoms with Crippen molar-refractivity contribution in [3.05, 3.63) is 41.1 Å². The second-order valence-electron chi connectivity index (χ2n) is 11.7. The first-order valence-electron chi connectivity index (χ1n) is 14.5. The van der Waals surface area contributed by atoms with Crippen molar-refractivity contribution < 1.29 is 22.7 Å². The number of likely N-dealkylation sites (tertiary alicyclic amines) is 2. The number of piperidine rings is 2. The van der Waals surface area contributed by atoms with Crippen molar-refractivity contribution in [2.45, 2.75) is 62.0 Å². The van der Waals surface area contributed by atoms with E-state index in [0.29, 0.717) is 57.9 Å². The van der Waals surface area contributed by atoms with E-state index in [4.69, 9.17) is 0 Å². The zero-order valence-corrected chi connectivity index (χ0v) is 23.9.